The number of pyridine rings is 2. The lowest BCUT2D eigenvalue weighted by Gasteiger charge is -2.37. The molecule has 2 fully saturated rings. The van der Waals surface area contributed by atoms with Gasteiger partial charge in [-0.2, -0.15) is 5.26 Å². The first-order chi connectivity index (χ1) is 16.5. The Bertz CT molecular complexity index is 1230. The second kappa shape index (κ2) is 8.95. The van der Waals surface area contributed by atoms with Crippen LogP contribution in [0.3, 0.4) is 0 Å². The minimum absolute atomic E-state index is 0.0435. The van der Waals surface area contributed by atoms with E-state index in [0.29, 0.717) is 23.2 Å². The molecule has 0 atom stereocenters. The number of hydrogen-bond acceptors (Lipinski definition) is 7. The molecule has 1 saturated carbocycles. The number of anilines is 2. The van der Waals surface area contributed by atoms with E-state index in [4.69, 9.17) is 4.98 Å². The molecule has 9 heteroatoms. The lowest BCUT2D eigenvalue weighted by Crippen LogP contribution is -2.47. The standard InChI is InChI=1S/C25H30N8O/c1-27-19-12-20(13-19)33-16-18(14-26)21-5-7-23(29-24(21)33)32-10-8-31(9-11-32)22-6-4-17(15-28-22)25(34)30(2)3/h4-7,15-16,19-20,27H,8-13H2,1-3H3/t19-,20-. The molecule has 4 heterocycles. The van der Waals surface area contributed by atoms with Crippen LogP contribution in [0.25, 0.3) is 11.0 Å². The fraction of sp³-hybridized carbons (Fsp3) is 0.440. The van der Waals surface area contributed by atoms with Gasteiger partial charge in [-0.15, -0.1) is 0 Å². The third-order valence-corrected chi connectivity index (χ3v) is 7.03. The smallest absolute Gasteiger partial charge is 0.254 e. The molecule has 1 aliphatic carbocycles. The van der Waals surface area contributed by atoms with Gasteiger partial charge in [0.15, 0.2) is 0 Å². The number of aromatic nitrogens is 3. The number of nitrogens with zero attached hydrogens (tertiary/aromatic N) is 7. The highest BCUT2D eigenvalue weighted by Gasteiger charge is 2.31. The van der Waals surface area contributed by atoms with Crippen LogP contribution in [0.2, 0.25) is 0 Å². The Morgan fingerprint density at radius 2 is 1.76 bits per heavy atom. The molecule has 1 saturated heterocycles. The summed E-state index contributed by atoms with van der Waals surface area (Å²) in [5.41, 5.74) is 2.19. The number of piperazine rings is 1. The summed E-state index contributed by atoms with van der Waals surface area (Å²) in [7, 11) is 5.48. The minimum Gasteiger partial charge on any atom is -0.353 e. The van der Waals surface area contributed by atoms with Gasteiger partial charge in [0.25, 0.3) is 5.91 Å². The zero-order valence-corrected chi connectivity index (χ0v) is 19.9. The van der Waals surface area contributed by atoms with Gasteiger partial charge < -0.3 is 24.6 Å². The summed E-state index contributed by atoms with van der Waals surface area (Å²) >= 11 is 0. The first kappa shape index (κ1) is 22.2. The molecule has 1 amide bonds. The van der Waals surface area contributed by atoms with Gasteiger partial charge in [-0.25, -0.2) is 9.97 Å². The van der Waals surface area contributed by atoms with Gasteiger partial charge >= 0.3 is 0 Å². The van der Waals surface area contributed by atoms with E-state index >= 15 is 0 Å². The van der Waals surface area contributed by atoms with Crippen LogP contribution in [0.15, 0.2) is 36.7 Å². The number of nitrogens with one attached hydrogen (secondary N) is 1. The second-order valence-corrected chi connectivity index (χ2v) is 9.29. The minimum atomic E-state index is -0.0435. The van der Waals surface area contributed by atoms with Crippen molar-refractivity contribution >= 4 is 28.6 Å². The fourth-order valence-corrected chi connectivity index (χ4v) is 4.83. The van der Waals surface area contributed by atoms with E-state index in [1.807, 2.05) is 37.5 Å². The summed E-state index contributed by atoms with van der Waals surface area (Å²) in [5, 5.41) is 13.9. The molecule has 0 spiro atoms. The number of carbonyl (C=O) groups is 1. The monoisotopic (exact) mass is 458 g/mol. The van der Waals surface area contributed by atoms with Crippen LogP contribution in [0.1, 0.15) is 34.8 Å². The number of rotatable bonds is 5. The van der Waals surface area contributed by atoms with Gasteiger partial charge in [-0.3, -0.25) is 4.79 Å². The summed E-state index contributed by atoms with van der Waals surface area (Å²) in [6, 6.07) is 11.1. The van der Waals surface area contributed by atoms with Gasteiger partial charge in [0.1, 0.15) is 23.4 Å². The summed E-state index contributed by atoms with van der Waals surface area (Å²) < 4.78 is 2.20. The van der Waals surface area contributed by atoms with Crippen LogP contribution in [0.5, 0.6) is 0 Å². The molecule has 5 rings (SSSR count). The Kier molecular flexibility index (Phi) is 5.84. The van der Waals surface area contributed by atoms with E-state index in [9.17, 15) is 10.1 Å². The molecule has 0 radical (unpaired) electrons. The largest absolute Gasteiger partial charge is 0.353 e. The molecule has 34 heavy (non-hydrogen) atoms. The summed E-state index contributed by atoms with van der Waals surface area (Å²) in [6.07, 6.45) is 5.73. The number of carbonyl (C=O) groups excluding carboxylic acids is 1. The van der Waals surface area contributed by atoms with Crippen molar-refractivity contribution < 1.29 is 4.79 Å². The Morgan fingerprint density at radius 1 is 1.09 bits per heavy atom. The maximum Gasteiger partial charge on any atom is 0.254 e. The van der Waals surface area contributed by atoms with E-state index in [0.717, 1.165) is 61.7 Å². The zero-order valence-electron chi connectivity index (χ0n) is 19.9. The van der Waals surface area contributed by atoms with Crippen LogP contribution < -0.4 is 15.1 Å². The van der Waals surface area contributed by atoms with Gasteiger partial charge in [0, 0.05) is 70.1 Å². The number of amides is 1. The highest BCUT2D eigenvalue weighted by Crippen LogP contribution is 2.36. The molecule has 3 aromatic rings. The van der Waals surface area contributed by atoms with Gasteiger partial charge in [0.05, 0.1) is 11.1 Å². The molecule has 0 bridgehead atoms. The molecule has 0 unspecified atom stereocenters. The molecular weight excluding hydrogens is 428 g/mol. The number of hydrogen-bond donors (Lipinski definition) is 1. The van der Waals surface area contributed by atoms with Crippen molar-refractivity contribution in [1.29, 1.82) is 5.26 Å². The predicted octanol–water partition coefficient (Wildman–Crippen LogP) is 2.25. The van der Waals surface area contributed by atoms with E-state index in [-0.39, 0.29) is 5.91 Å². The van der Waals surface area contributed by atoms with Crippen LogP contribution in [0.4, 0.5) is 11.6 Å². The quantitative estimate of drug-likeness (QED) is 0.627. The van der Waals surface area contributed by atoms with Crippen molar-refractivity contribution in [3.63, 3.8) is 0 Å². The van der Waals surface area contributed by atoms with E-state index in [2.05, 4.69) is 30.7 Å². The highest BCUT2D eigenvalue weighted by atomic mass is 16.2. The van der Waals surface area contributed by atoms with Gasteiger partial charge in [-0.1, -0.05) is 0 Å². The average molecular weight is 459 g/mol. The lowest BCUT2D eigenvalue weighted by molar-refractivity contribution is 0.0827. The Labute approximate surface area is 199 Å². The predicted molar refractivity (Wildman–Crippen MR) is 132 cm³/mol. The normalized spacial score (nSPS) is 20.2. The molecule has 2 aliphatic rings. The van der Waals surface area contributed by atoms with Crippen molar-refractivity contribution in [2.75, 3.05) is 57.1 Å². The first-order valence-electron chi connectivity index (χ1n) is 11.7. The molecule has 9 nitrogen and oxygen atoms in total. The Balaban J connectivity index is 1.30. The molecule has 1 N–H and O–H groups in total. The van der Waals surface area contributed by atoms with Crippen molar-refractivity contribution in [1.82, 2.24) is 24.8 Å². The van der Waals surface area contributed by atoms with Crippen molar-refractivity contribution in [2.45, 2.75) is 24.9 Å². The van der Waals surface area contributed by atoms with Crippen LogP contribution >= 0.6 is 0 Å². The summed E-state index contributed by atoms with van der Waals surface area (Å²) in [4.78, 5) is 27.7. The van der Waals surface area contributed by atoms with E-state index in [1.165, 1.54) is 0 Å². The maximum atomic E-state index is 12.1. The summed E-state index contributed by atoms with van der Waals surface area (Å²) in [5.74, 6) is 1.79. The molecule has 3 aromatic heterocycles. The third kappa shape index (κ3) is 3.94. The number of fused-ring (bicyclic) bond motifs is 1. The average Bonchev–Trinajstić information content (AvgIpc) is 3.21. The molecule has 1 aliphatic heterocycles. The molecular formula is C25H30N8O. The van der Waals surface area contributed by atoms with Crippen molar-refractivity contribution in [3.8, 4) is 6.07 Å². The third-order valence-electron chi connectivity index (χ3n) is 7.03. The van der Waals surface area contributed by atoms with E-state index in [1.54, 1.807) is 25.2 Å². The summed E-state index contributed by atoms with van der Waals surface area (Å²) in [6.45, 7) is 3.31. The van der Waals surface area contributed by atoms with Gasteiger partial charge in [0.2, 0.25) is 0 Å². The SMILES string of the molecule is CN[C@H]1C[C@H](n2cc(C#N)c3ccc(N4CCN(c5ccc(C(=O)N(C)C)cn5)CC4)nc32)C1. The topological polar surface area (TPSA) is 93.3 Å². The van der Waals surface area contributed by atoms with Crippen molar-refractivity contribution in [3.05, 3.63) is 47.8 Å². The van der Waals surface area contributed by atoms with E-state index < -0.39 is 0 Å². The lowest BCUT2D eigenvalue weighted by atomic mass is 9.87. The first-order valence-corrected chi connectivity index (χ1v) is 11.7. The van der Waals surface area contributed by atoms with Crippen LogP contribution in [0, 0.1) is 11.3 Å². The van der Waals surface area contributed by atoms with Crippen LogP contribution in [-0.2, 0) is 0 Å². The van der Waals surface area contributed by atoms with Crippen molar-refractivity contribution in [2.24, 2.45) is 0 Å². The fourth-order valence-electron chi connectivity index (χ4n) is 4.83. The Morgan fingerprint density at radius 3 is 2.35 bits per heavy atom. The number of nitriles is 1. The highest BCUT2D eigenvalue weighted by molar-refractivity contribution is 5.93. The molecule has 176 valence electrons. The Hall–Kier alpha value is -3.64. The second-order valence-electron chi connectivity index (χ2n) is 9.29. The zero-order chi connectivity index (χ0) is 23.8. The molecule has 0 aromatic carbocycles. The van der Waals surface area contributed by atoms with Crippen LogP contribution in [-0.4, -0.2) is 78.7 Å². The van der Waals surface area contributed by atoms with Gasteiger partial charge in [-0.05, 0) is 44.2 Å². The maximum absolute atomic E-state index is 12.1.